The number of rotatable bonds is 4. The molecule has 0 spiro atoms. The molecule has 0 radical (unpaired) electrons. The van der Waals surface area contributed by atoms with Gasteiger partial charge in [0, 0.05) is 12.7 Å². The highest BCUT2D eigenvalue weighted by Gasteiger charge is 1.99. The van der Waals surface area contributed by atoms with Gasteiger partial charge in [-0.15, -0.1) is 0 Å². The van der Waals surface area contributed by atoms with E-state index in [1.54, 1.807) is 6.20 Å². The third kappa shape index (κ3) is 5.20. The van der Waals surface area contributed by atoms with E-state index in [1.807, 2.05) is 37.3 Å². The number of nitrogens with one attached hydrogen (secondary N) is 2. The van der Waals surface area contributed by atoms with Crippen LogP contribution in [0.15, 0.2) is 42.1 Å². The first-order valence-electron chi connectivity index (χ1n) is 5.84. The summed E-state index contributed by atoms with van der Waals surface area (Å²) in [6.07, 6.45) is 1.75. The molecule has 0 fully saturated rings. The van der Waals surface area contributed by atoms with Crippen molar-refractivity contribution in [1.29, 1.82) is 0 Å². The van der Waals surface area contributed by atoms with E-state index in [-0.39, 0.29) is 6.03 Å². The number of urea groups is 1. The average Bonchev–Trinajstić information content (AvgIpc) is 2.34. The van der Waals surface area contributed by atoms with E-state index in [0.717, 1.165) is 11.1 Å². The third-order valence-electron chi connectivity index (χ3n) is 2.64. The van der Waals surface area contributed by atoms with Crippen LogP contribution in [0.4, 0.5) is 4.79 Å². The number of amides is 2. The maximum absolute atomic E-state index is 11.5. The second-order valence-corrected chi connectivity index (χ2v) is 4.36. The molecule has 0 aliphatic rings. The molecule has 0 saturated carbocycles. The fourth-order valence-corrected chi connectivity index (χ4v) is 1.18. The minimum absolute atomic E-state index is 0.172. The monoisotopic (exact) mass is 232 g/mol. The topological polar surface area (TPSA) is 41.1 Å². The summed E-state index contributed by atoms with van der Waals surface area (Å²) in [5.41, 5.74) is 2.24. The van der Waals surface area contributed by atoms with Gasteiger partial charge in [0.25, 0.3) is 0 Å². The standard InChI is InChI=1S/C14H20N2O/c1-11(2)12(3)9-15-14(17)16-10-13-7-5-4-6-8-13/h4-9,11H,10H2,1-3H3,(H2,15,16,17)/b12-9+. The van der Waals surface area contributed by atoms with Crippen molar-refractivity contribution in [2.45, 2.75) is 27.3 Å². The first-order valence-corrected chi connectivity index (χ1v) is 5.84. The number of allylic oxidation sites excluding steroid dienone is 1. The molecule has 0 unspecified atom stereocenters. The van der Waals surface area contributed by atoms with Crippen LogP contribution >= 0.6 is 0 Å². The van der Waals surface area contributed by atoms with Gasteiger partial charge in [0.1, 0.15) is 0 Å². The Morgan fingerprint density at radius 2 is 1.94 bits per heavy atom. The molecule has 17 heavy (non-hydrogen) atoms. The number of carbonyl (C=O) groups excluding carboxylic acids is 1. The average molecular weight is 232 g/mol. The van der Waals surface area contributed by atoms with Crippen molar-refractivity contribution in [3.63, 3.8) is 0 Å². The highest BCUT2D eigenvalue weighted by atomic mass is 16.2. The quantitative estimate of drug-likeness (QED) is 0.823. The highest BCUT2D eigenvalue weighted by molar-refractivity contribution is 5.74. The van der Waals surface area contributed by atoms with Crippen molar-refractivity contribution in [3.8, 4) is 0 Å². The van der Waals surface area contributed by atoms with E-state index in [2.05, 4.69) is 24.5 Å². The van der Waals surface area contributed by atoms with Crippen LogP contribution in [0.25, 0.3) is 0 Å². The molecule has 0 bridgehead atoms. The molecule has 0 aliphatic heterocycles. The third-order valence-corrected chi connectivity index (χ3v) is 2.64. The van der Waals surface area contributed by atoms with Gasteiger partial charge in [0.15, 0.2) is 0 Å². The zero-order chi connectivity index (χ0) is 12.7. The summed E-state index contributed by atoms with van der Waals surface area (Å²) in [5, 5.41) is 5.52. The van der Waals surface area contributed by atoms with E-state index >= 15 is 0 Å². The number of benzene rings is 1. The Morgan fingerprint density at radius 1 is 1.29 bits per heavy atom. The van der Waals surface area contributed by atoms with E-state index < -0.39 is 0 Å². The normalized spacial score (nSPS) is 11.4. The Bertz CT molecular complexity index is 382. The molecule has 92 valence electrons. The van der Waals surface area contributed by atoms with Gasteiger partial charge in [-0.05, 0) is 18.4 Å². The van der Waals surface area contributed by atoms with Crippen LogP contribution in [-0.4, -0.2) is 6.03 Å². The molecule has 3 nitrogen and oxygen atoms in total. The van der Waals surface area contributed by atoms with Gasteiger partial charge in [-0.25, -0.2) is 4.79 Å². The maximum Gasteiger partial charge on any atom is 0.319 e. The molecule has 1 aromatic carbocycles. The Balaban J connectivity index is 2.34. The Hall–Kier alpha value is -1.77. The maximum atomic E-state index is 11.5. The zero-order valence-electron chi connectivity index (χ0n) is 10.7. The van der Waals surface area contributed by atoms with Gasteiger partial charge in [-0.1, -0.05) is 49.8 Å². The fourth-order valence-electron chi connectivity index (χ4n) is 1.18. The van der Waals surface area contributed by atoms with Crippen LogP contribution in [0.2, 0.25) is 0 Å². The molecule has 0 atom stereocenters. The molecule has 2 N–H and O–H groups in total. The zero-order valence-corrected chi connectivity index (χ0v) is 10.7. The summed E-state index contributed by atoms with van der Waals surface area (Å²) in [7, 11) is 0. The van der Waals surface area contributed by atoms with Crippen LogP contribution in [0, 0.1) is 5.92 Å². The predicted molar refractivity (Wildman–Crippen MR) is 70.4 cm³/mol. The molecule has 1 rings (SSSR count). The van der Waals surface area contributed by atoms with Crippen molar-refractivity contribution >= 4 is 6.03 Å². The molecule has 0 heterocycles. The van der Waals surface area contributed by atoms with E-state index in [1.165, 1.54) is 0 Å². The minimum atomic E-state index is -0.172. The van der Waals surface area contributed by atoms with Crippen LogP contribution in [-0.2, 0) is 6.54 Å². The van der Waals surface area contributed by atoms with Crippen LogP contribution in [0.5, 0.6) is 0 Å². The van der Waals surface area contributed by atoms with Crippen molar-refractivity contribution in [3.05, 3.63) is 47.7 Å². The summed E-state index contributed by atoms with van der Waals surface area (Å²) in [5.74, 6) is 0.449. The van der Waals surface area contributed by atoms with Crippen LogP contribution in [0.1, 0.15) is 26.3 Å². The lowest BCUT2D eigenvalue weighted by molar-refractivity contribution is 0.243. The number of carbonyl (C=O) groups is 1. The SMILES string of the molecule is C/C(=C\NC(=O)NCc1ccccc1)C(C)C. The molecule has 0 aliphatic carbocycles. The number of hydrogen-bond donors (Lipinski definition) is 2. The van der Waals surface area contributed by atoms with Crippen molar-refractivity contribution in [2.75, 3.05) is 0 Å². The van der Waals surface area contributed by atoms with E-state index in [4.69, 9.17) is 0 Å². The van der Waals surface area contributed by atoms with E-state index in [0.29, 0.717) is 12.5 Å². The molecule has 3 heteroatoms. The first kappa shape index (κ1) is 13.3. The van der Waals surface area contributed by atoms with Gasteiger partial charge in [0.2, 0.25) is 0 Å². The Labute approximate surface area is 103 Å². The summed E-state index contributed by atoms with van der Waals surface area (Å²) >= 11 is 0. The molecule has 0 saturated heterocycles. The smallest absolute Gasteiger partial charge is 0.319 e. The van der Waals surface area contributed by atoms with Crippen LogP contribution in [0.3, 0.4) is 0 Å². The lowest BCUT2D eigenvalue weighted by atomic mass is 10.1. The van der Waals surface area contributed by atoms with Gasteiger partial charge in [-0.2, -0.15) is 0 Å². The highest BCUT2D eigenvalue weighted by Crippen LogP contribution is 2.05. The summed E-state index contributed by atoms with van der Waals surface area (Å²) in [6, 6.07) is 9.66. The fraction of sp³-hybridized carbons (Fsp3) is 0.357. The summed E-state index contributed by atoms with van der Waals surface area (Å²) < 4.78 is 0. The van der Waals surface area contributed by atoms with Crippen molar-refractivity contribution in [2.24, 2.45) is 5.92 Å². The van der Waals surface area contributed by atoms with Gasteiger partial charge in [0.05, 0.1) is 0 Å². The van der Waals surface area contributed by atoms with Gasteiger partial charge < -0.3 is 10.6 Å². The molecular formula is C14H20N2O. The Morgan fingerprint density at radius 3 is 2.53 bits per heavy atom. The Kier molecular flexibility index (Phi) is 5.27. The van der Waals surface area contributed by atoms with Crippen LogP contribution < -0.4 is 10.6 Å². The molecule has 1 aromatic rings. The second kappa shape index (κ2) is 6.74. The lowest BCUT2D eigenvalue weighted by Gasteiger charge is -2.07. The largest absolute Gasteiger partial charge is 0.334 e. The molecule has 2 amide bonds. The summed E-state index contributed by atoms with van der Waals surface area (Å²) in [6.45, 7) is 6.73. The lowest BCUT2D eigenvalue weighted by Crippen LogP contribution is -2.31. The number of hydrogen-bond acceptors (Lipinski definition) is 1. The van der Waals surface area contributed by atoms with Gasteiger partial charge in [-0.3, -0.25) is 0 Å². The van der Waals surface area contributed by atoms with Gasteiger partial charge >= 0.3 is 6.03 Å². The molecular weight excluding hydrogens is 212 g/mol. The second-order valence-electron chi connectivity index (χ2n) is 4.36. The van der Waals surface area contributed by atoms with E-state index in [9.17, 15) is 4.79 Å². The first-order chi connectivity index (χ1) is 8.09. The summed E-state index contributed by atoms with van der Waals surface area (Å²) in [4.78, 5) is 11.5. The predicted octanol–water partition coefficient (Wildman–Crippen LogP) is 3.05. The minimum Gasteiger partial charge on any atom is -0.334 e. The van der Waals surface area contributed by atoms with Crippen molar-refractivity contribution < 1.29 is 4.79 Å². The molecule has 0 aromatic heterocycles. The van der Waals surface area contributed by atoms with Crippen molar-refractivity contribution in [1.82, 2.24) is 10.6 Å².